The Bertz CT molecular complexity index is 551. The van der Waals surface area contributed by atoms with Gasteiger partial charge in [-0.3, -0.25) is 0 Å². The van der Waals surface area contributed by atoms with Crippen LogP contribution in [-0.2, 0) is 13.0 Å². The number of hydrogen-bond donors (Lipinski definition) is 2. The highest BCUT2D eigenvalue weighted by Gasteiger charge is 2.02. The molecule has 0 aliphatic rings. The molecule has 4 nitrogen and oxygen atoms in total. The fourth-order valence-corrected chi connectivity index (χ4v) is 2.35. The Balaban J connectivity index is 2.01. The van der Waals surface area contributed by atoms with Crippen LogP contribution in [-0.4, -0.2) is 15.0 Å². The van der Waals surface area contributed by atoms with Gasteiger partial charge in [-0.1, -0.05) is 25.2 Å². The molecule has 0 bridgehead atoms. The summed E-state index contributed by atoms with van der Waals surface area (Å²) in [6.07, 6.45) is 2.94. The summed E-state index contributed by atoms with van der Waals surface area (Å²) < 4.78 is 0. The monoisotopic (exact) mass is 278 g/mol. The SMILES string of the molecule is CCc1cnc(CNc2cccc(C(N)=S)n2)s1. The van der Waals surface area contributed by atoms with E-state index in [1.165, 1.54) is 4.88 Å². The first kappa shape index (κ1) is 12.9. The van der Waals surface area contributed by atoms with Crippen molar-refractivity contribution in [3.8, 4) is 0 Å². The first-order valence-electron chi connectivity index (χ1n) is 5.63. The molecule has 0 saturated heterocycles. The van der Waals surface area contributed by atoms with Crippen LogP contribution in [0, 0.1) is 0 Å². The molecule has 0 radical (unpaired) electrons. The quantitative estimate of drug-likeness (QED) is 0.822. The van der Waals surface area contributed by atoms with Gasteiger partial charge < -0.3 is 11.1 Å². The molecule has 6 heteroatoms. The van der Waals surface area contributed by atoms with Gasteiger partial charge in [0, 0.05) is 11.1 Å². The van der Waals surface area contributed by atoms with Gasteiger partial charge in [-0.15, -0.1) is 11.3 Å². The van der Waals surface area contributed by atoms with Crippen molar-refractivity contribution in [3.63, 3.8) is 0 Å². The fraction of sp³-hybridized carbons (Fsp3) is 0.250. The Labute approximate surface area is 115 Å². The second-order valence-corrected chi connectivity index (χ2v) is 5.34. The number of hydrogen-bond acceptors (Lipinski definition) is 5. The molecule has 2 aromatic heterocycles. The van der Waals surface area contributed by atoms with Crippen molar-refractivity contribution in [2.45, 2.75) is 19.9 Å². The van der Waals surface area contributed by atoms with Crippen LogP contribution in [0.2, 0.25) is 0 Å². The molecule has 0 fully saturated rings. The van der Waals surface area contributed by atoms with Gasteiger partial charge in [0.15, 0.2) is 0 Å². The maximum atomic E-state index is 5.54. The van der Waals surface area contributed by atoms with E-state index < -0.39 is 0 Å². The molecule has 3 N–H and O–H groups in total. The van der Waals surface area contributed by atoms with E-state index in [-0.39, 0.29) is 0 Å². The van der Waals surface area contributed by atoms with Gasteiger partial charge in [0.2, 0.25) is 0 Å². The average Bonchev–Trinajstić information content (AvgIpc) is 2.84. The summed E-state index contributed by atoms with van der Waals surface area (Å²) in [5.41, 5.74) is 6.17. The highest BCUT2D eigenvalue weighted by atomic mass is 32.1. The first-order chi connectivity index (χ1) is 8.69. The maximum Gasteiger partial charge on any atom is 0.127 e. The van der Waals surface area contributed by atoms with E-state index in [1.54, 1.807) is 17.4 Å². The van der Waals surface area contributed by atoms with Gasteiger partial charge in [0.25, 0.3) is 0 Å². The van der Waals surface area contributed by atoms with Crippen LogP contribution in [0.25, 0.3) is 0 Å². The minimum Gasteiger partial charge on any atom is -0.388 e. The Kier molecular flexibility index (Phi) is 4.22. The lowest BCUT2D eigenvalue weighted by atomic mass is 10.3. The van der Waals surface area contributed by atoms with Crippen LogP contribution in [0.5, 0.6) is 0 Å². The lowest BCUT2D eigenvalue weighted by Crippen LogP contribution is -2.12. The molecule has 2 aromatic rings. The number of thiazole rings is 1. The number of aryl methyl sites for hydroxylation is 1. The largest absolute Gasteiger partial charge is 0.388 e. The van der Waals surface area contributed by atoms with Crippen LogP contribution in [0.15, 0.2) is 24.4 Å². The van der Waals surface area contributed by atoms with Crippen molar-refractivity contribution < 1.29 is 0 Å². The van der Waals surface area contributed by atoms with Crippen LogP contribution < -0.4 is 11.1 Å². The van der Waals surface area contributed by atoms with Crippen molar-refractivity contribution in [3.05, 3.63) is 40.0 Å². The minimum atomic E-state index is 0.307. The second kappa shape index (κ2) is 5.88. The number of nitrogens with one attached hydrogen (secondary N) is 1. The van der Waals surface area contributed by atoms with E-state index in [1.807, 2.05) is 18.3 Å². The molecule has 2 rings (SSSR count). The summed E-state index contributed by atoms with van der Waals surface area (Å²) in [4.78, 5) is 10.2. The molecule has 0 saturated carbocycles. The first-order valence-corrected chi connectivity index (χ1v) is 6.86. The molecule has 0 unspecified atom stereocenters. The predicted molar refractivity (Wildman–Crippen MR) is 78.9 cm³/mol. The molecule has 0 amide bonds. The topological polar surface area (TPSA) is 63.8 Å². The van der Waals surface area contributed by atoms with Crippen molar-refractivity contribution in [1.29, 1.82) is 0 Å². The summed E-state index contributed by atoms with van der Waals surface area (Å²) in [6.45, 7) is 2.79. The Morgan fingerprint density at radius 3 is 3.00 bits per heavy atom. The maximum absolute atomic E-state index is 5.54. The molecule has 0 atom stereocenters. The van der Waals surface area contributed by atoms with Crippen LogP contribution in [0.4, 0.5) is 5.82 Å². The van der Waals surface area contributed by atoms with Crippen molar-refractivity contribution in [2.24, 2.45) is 5.73 Å². The average molecular weight is 278 g/mol. The summed E-state index contributed by atoms with van der Waals surface area (Å²) in [5.74, 6) is 0.758. The van der Waals surface area contributed by atoms with E-state index >= 15 is 0 Å². The molecule has 0 aliphatic carbocycles. The van der Waals surface area contributed by atoms with Crippen molar-refractivity contribution in [1.82, 2.24) is 9.97 Å². The standard InChI is InChI=1S/C12H14N4S2/c1-2-8-6-15-11(18-8)7-14-10-5-3-4-9(16-10)12(13)17/h3-6H,2,7H2,1H3,(H2,13,17)(H,14,16). The molecular formula is C12H14N4S2. The Morgan fingerprint density at radius 2 is 2.33 bits per heavy atom. The summed E-state index contributed by atoms with van der Waals surface area (Å²) in [5, 5.41) is 4.27. The molecule has 0 aliphatic heterocycles. The number of anilines is 1. The van der Waals surface area contributed by atoms with Gasteiger partial charge in [0.1, 0.15) is 15.8 Å². The van der Waals surface area contributed by atoms with Gasteiger partial charge in [0.05, 0.1) is 12.2 Å². The van der Waals surface area contributed by atoms with Crippen LogP contribution >= 0.6 is 23.6 Å². The predicted octanol–water partition coefficient (Wildman–Crippen LogP) is 2.35. The minimum absolute atomic E-state index is 0.307. The van der Waals surface area contributed by atoms with Crippen LogP contribution in [0.1, 0.15) is 22.5 Å². The van der Waals surface area contributed by atoms with E-state index in [9.17, 15) is 0 Å². The lowest BCUT2D eigenvalue weighted by molar-refractivity contribution is 1.07. The van der Waals surface area contributed by atoms with Gasteiger partial charge in [-0.05, 0) is 18.6 Å². The zero-order valence-corrected chi connectivity index (χ0v) is 11.6. The summed E-state index contributed by atoms with van der Waals surface area (Å²) in [6, 6.07) is 5.56. The van der Waals surface area contributed by atoms with Crippen LogP contribution in [0.3, 0.4) is 0 Å². The zero-order chi connectivity index (χ0) is 13.0. The number of thiocarbonyl (C=S) groups is 1. The third-order valence-electron chi connectivity index (χ3n) is 2.37. The van der Waals surface area contributed by atoms with Gasteiger partial charge in [-0.2, -0.15) is 0 Å². The number of rotatable bonds is 5. The fourth-order valence-electron chi connectivity index (χ4n) is 1.43. The van der Waals surface area contributed by atoms with Crippen molar-refractivity contribution in [2.75, 3.05) is 5.32 Å². The lowest BCUT2D eigenvalue weighted by Gasteiger charge is -2.04. The molecular weight excluding hydrogens is 264 g/mol. The smallest absolute Gasteiger partial charge is 0.127 e. The third-order valence-corrected chi connectivity index (χ3v) is 3.72. The molecule has 94 valence electrons. The third kappa shape index (κ3) is 3.24. The Hall–Kier alpha value is -1.53. The van der Waals surface area contributed by atoms with E-state index in [4.69, 9.17) is 18.0 Å². The summed E-state index contributed by atoms with van der Waals surface area (Å²) in [7, 11) is 0. The number of pyridine rings is 1. The number of nitrogens with two attached hydrogens (primary N) is 1. The highest BCUT2D eigenvalue weighted by molar-refractivity contribution is 7.80. The Morgan fingerprint density at radius 1 is 1.50 bits per heavy atom. The summed E-state index contributed by atoms with van der Waals surface area (Å²) >= 11 is 6.61. The van der Waals surface area contributed by atoms with Gasteiger partial charge >= 0.3 is 0 Å². The van der Waals surface area contributed by atoms with Crippen molar-refractivity contribution >= 4 is 34.4 Å². The zero-order valence-electron chi connectivity index (χ0n) is 10.0. The van der Waals surface area contributed by atoms with E-state index in [2.05, 4.69) is 22.2 Å². The normalized spacial score (nSPS) is 10.3. The molecule has 0 spiro atoms. The van der Waals surface area contributed by atoms with E-state index in [0.29, 0.717) is 17.2 Å². The number of aromatic nitrogens is 2. The van der Waals surface area contributed by atoms with Gasteiger partial charge in [-0.25, -0.2) is 9.97 Å². The molecule has 0 aromatic carbocycles. The molecule has 18 heavy (non-hydrogen) atoms. The molecule has 2 heterocycles. The second-order valence-electron chi connectivity index (χ2n) is 3.70. The van der Waals surface area contributed by atoms with E-state index in [0.717, 1.165) is 17.2 Å². The number of nitrogens with zero attached hydrogens (tertiary/aromatic N) is 2. The highest BCUT2D eigenvalue weighted by Crippen LogP contribution is 2.15.